The summed E-state index contributed by atoms with van der Waals surface area (Å²) in [7, 11) is 0. The number of aliphatic hydroxyl groups is 1. The molecule has 2 nitrogen and oxygen atoms in total. The van der Waals surface area contributed by atoms with Crippen LogP contribution in [0.4, 0.5) is 0 Å². The molecule has 0 aromatic heterocycles. The molecule has 0 aliphatic carbocycles. The molecule has 0 bridgehead atoms. The van der Waals surface area contributed by atoms with Crippen LogP contribution in [0.25, 0.3) is 0 Å². The van der Waals surface area contributed by atoms with Gasteiger partial charge in [0, 0.05) is 10.6 Å². The van der Waals surface area contributed by atoms with Gasteiger partial charge in [-0.25, -0.2) is 0 Å². The lowest BCUT2D eigenvalue weighted by atomic mass is 9.93. The summed E-state index contributed by atoms with van der Waals surface area (Å²) >= 11 is 6.08. The van der Waals surface area contributed by atoms with Crippen molar-refractivity contribution in [1.29, 1.82) is 0 Å². The number of hydrogen-bond donors (Lipinski definition) is 2. The summed E-state index contributed by atoms with van der Waals surface area (Å²) in [5.41, 5.74) is 0.266. The van der Waals surface area contributed by atoms with Crippen molar-refractivity contribution in [2.75, 3.05) is 0 Å². The standard InChI is InChI=1S/C12H17ClO2/c1-7(2)8-5-11(14)9(6-10(8)13)12(3,4)15/h5-7,14-15H,1-4H3. The molecular formula is C12H17ClO2. The van der Waals surface area contributed by atoms with Crippen LogP contribution < -0.4 is 0 Å². The lowest BCUT2D eigenvalue weighted by molar-refractivity contribution is 0.0758. The molecule has 15 heavy (non-hydrogen) atoms. The zero-order valence-corrected chi connectivity index (χ0v) is 10.3. The van der Waals surface area contributed by atoms with E-state index in [1.54, 1.807) is 26.0 Å². The van der Waals surface area contributed by atoms with Crippen LogP contribution in [0.1, 0.15) is 44.7 Å². The van der Waals surface area contributed by atoms with E-state index >= 15 is 0 Å². The van der Waals surface area contributed by atoms with E-state index in [1.165, 1.54) is 0 Å². The Balaban J connectivity index is 3.32. The Kier molecular flexibility index (Phi) is 3.31. The maximum Gasteiger partial charge on any atom is 0.122 e. The van der Waals surface area contributed by atoms with Crippen molar-refractivity contribution in [1.82, 2.24) is 0 Å². The van der Waals surface area contributed by atoms with Crippen molar-refractivity contribution in [3.8, 4) is 5.75 Å². The SMILES string of the molecule is CC(C)c1cc(O)c(C(C)(C)O)cc1Cl. The van der Waals surface area contributed by atoms with E-state index < -0.39 is 5.60 Å². The van der Waals surface area contributed by atoms with Crippen LogP contribution in [0, 0.1) is 0 Å². The molecule has 2 N–H and O–H groups in total. The Labute approximate surface area is 95.5 Å². The summed E-state index contributed by atoms with van der Waals surface area (Å²) in [6.07, 6.45) is 0. The maximum atomic E-state index is 9.81. The maximum absolute atomic E-state index is 9.81. The Morgan fingerprint density at radius 1 is 1.27 bits per heavy atom. The predicted molar refractivity (Wildman–Crippen MR) is 62.5 cm³/mol. The zero-order valence-electron chi connectivity index (χ0n) is 9.50. The molecule has 0 unspecified atom stereocenters. The average Bonchev–Trinajstić information content (AvgIpc) is 2.06. The molecule has 0 saturated carbocycles. The third-order valence-electron chi connectivity index (χ3n) is 2.40. The smallest absolute Gasteiger partial charge is 0.122 e. The Hall–Kier alpha value is -0.730. The van der Waals surface area contributed by atoms with Crippen LogP contribution in [0.3, 0.4) is 0 Å². The normalized spacial score (nSPS) is 12.2. The number of rotatable bonds is 2. The van der Waals surface area contributed by atoms with Crippen LogP contribution in [0.15, 0.2) is 12.1 Å². The highest BCUT2D eigenvalue weighted by molar-refractivity contribution is 6.31. The summed E-state index contributed by atoms with van der Waals surface area (Å²) in [4.78, 5) is 0. The fourth-order valence-corrected chi connectivity index (χ4v) is 1.89. The molecule has 84 valence electrons. The van der Waals surface area contributed by atoms with E-state index in [0.717, 1.165) is 5.56 Å². The van der Waals surface area contributed by atoms with Gasteiger partial charge in [-0.15, -0.1) is 0 Å². The summed E-state index contributed by atoms with van der Waals surface area (Å²) in [5, 5.41) is 20.2. The second-order valence-electron chi connectivity index (χ2n) is 4.60. The first-order chi connectivity index (χ1) is 6.73. The molecule has 3 heteroatoms. The molecular weight excluding hydrogens is 212 g/mol. The summed E-state index contributed by atoms with van der Waals surface area (Å²) in [6, 6.07) is 3.26. The molecule has 0 spiro atoms. The molecule has 1 aromatic rings. The summed E-state index contributed by atoms with van der Waals surface area (Å²) in [6.45, 7) is 7.25. The fourth-order valence-electron chi connectivity index (χ4n) is 1.51. The Bertz CT molecular complexity index is 365. The fraction of sp³-hybridized carbons (Fsp3) is 0.500. The number of hydrogen-bond acceptors (Lipinski definition) is 2. The highest BCUT2D eigenvalue weighted by atomic mass is 35.5. The van der Waals surface area contributed by atoms with E-state index in [2.05, 4.69) is 0 Å². The second kappa shape index (κ2) is 4.03. The highest BCUT2D eigenvalue weighted by Gasteiger charge is 2.22. The molecule has 0 aliphatic rings. The van der Waals surface area contributed by atoms with Gasteiger partial charge in [-0.2, -0.15) is 0 Å². The number of phenols is 1. The Morgan fingerprint density at radius 2 is 1.80 bits per heavy atom. The van der Waals surface area contributed by atoms with Crippen LogP contribution in [0.2, 0.25) is 5.02 Å². The highest BCUT2D eigenvalue weighted by Crippen LogP contribution is 2.36. The van der Waals surface area contributed by atoms with Crippen molar-refractivity contribution >= 4 is 11.6 Å². The quantitative estimate of drug-likeness (QED) is 0.815. The van der Waals surface area contributed by atoms with E-state index in [9.17, 15) is 10.2 Å². The number of phenolic OH excluding ortho intramolecular Hbond substituents is 1. The van der Waals surface area contributed by atoms with Crippen molar-refractivity contribution in [3.05, 3.63) is 28.3 Å². The van der Waals surface area contributed by atoms with Gasteiger partial charge in [-0.1, -0.05) is 25.4 Å². The first kappa shape index (κ1) is 12.3. The molecule has 0 radical (unpaired) electrons. The molecule has 1 aromatic carbocycles. The monoisotopic (exact) mass is 228 g/mol. The van der Waals surface area contributed by atoms with Gasteiger partial charge in [0.2, 0.25) is 0 Å². The molecule has 0 aliphatic heterocycles. The topological polar surface area (TPSA) is 40.5 Å². The zero-order chi connectivity index (χ0) is 11.8. The minimum atomic E-state index is -1.08. The molecule has 0 atom stereocenters. The molecule has 0 fully saturated rings. The minimum absolute atomic E-state index is 0.0931. The average molecular weight is 229 g/mol. The second-order valence-corrected chi connectivity index (χ2v) is 5.01. The van der Waals surface area contributed by atoms with Crippen LogP contribution in [0.5, 0.6) is 5.75 Å². The Morgan fingerprint density at radius 3 is 2.20 bits per heavy atom. The van der Waals surface area contributed by atoms with E-state index in [4.69, 9.17) is 11.6 Å². The minimum Gasteiger partial charge on any atom is -0.508 e. The number of halogens is 1. The first-order valence-corrected chi connectivity index (χ1v) is 5.36. The molecule has 0 saturated heterocycles. The van der Waals surface area contributed by atoms with Crippen LogP contribution in [-0.2, 0) is 5.60 Å². The van der Waals surface area contributed by atoms with Gasteiger partial charge in [-0.3, -0.25) is 0 Å². The van der Waals surface area contributed by atoms with Gasteiger partial charge in [0.15, 0.2) is 0 Å². The van der Waals surface area contributed by atoms with Crippen molar-refractivity contribution in [2.24, 2.45) is 0 Å². The van der Waals surface area contributed by atoms with E-state index in [0.29, 0.717) is 10.6 Å². The van der Waals surface area contributed by atoms with Crippen molar-refractivity contribution in [3.63, 3.8) is 0 Å². The van der Waals surface area contributed by atoms with Crippen LogP contribution in [-0.4, -0.2) is 10.2 Å². The van der Waals surface area contributed by atoms with E-state index in [-0.39, 0.29) is 11.7 Å². The van der Waals surface area contributed by atoms with Gasteiger partial charge in [0.25, 0.3) is 0 Å². The number of aromatic hydroxyl groups is 1. The van der Waals surface area contributed by atoms with Gasteiger partial charge < -0.3 is 10.2 Å². The van der Waals surface area contributed by atoms with Gasteiger partial charge in [0.05, 0.1) is 5.60 Å². The van der Waals surface area contributed by atoms with Gasteiger partial charge in [0.1, 0.15) is 5.75 Å². The summed E-state index contributed by atoms with van der Waals surface area (Å²) in [5.74, 6) is 0.342. The third-order valence-corrected chi connectivity index (χ3v) is 2.72. The summed E-state index contributed by atoms with van der Waals surface area (Å²) < 4.78 is 0. The predicted octanol–water partition coefficient (Wildman–Crippen LogP) is 3.40. The van der Waals surface area contributed by atoms with Crippen LogP contribution >= 0.6 is 11.6 Å². The lowest BCUT2D eigenvalue weighted by Gasteiger charge is -2.21. The lowest BCUT2D eigenvalue weighted by Crippen LogP contribution is -2.16. The first-order valence-electron chi connectivity index (χ1n) is 4.98. The molecule has 1 rings (SSSR count). The molecule has 0 heterocycles. The van der Waals surface area contributed by atoms with Crippen molar-refractivity contribution < 1.29 is 10.2 Å². The largest absolute Gasteiger partial charge is 0.508 e. The number of benzene rings is 1. The van der Waals surface area contributed by atoms with Crippen molar-refractivity contribution in [2.45, 2.75) is 39.2 Å². The third kappa shape index (κ3) is 2.64. The van der Waals surface area contributed by atoms with E-state index in [1.807, 2.05) is 13.8 Å². The molecule has 0 amide bonds. The van der Waals surface area contributed by atoms with Gasteiger partial charge >= 0.3 is 0 Å². The van der Waals surface area contributed by atoms with Gasteiger partial charge in [-0.05, 0) is 37.5 Å².